The maximum Gasteiger partial charge on any atom is 0.237 e. The van der Waals surface area contributed by atoms with Crippen molar-refractivity contribution >= 4 is 103 Å². The predicted molar refractivity (Wildman–Crippen MR) is 220 cm³/mol. The molecule has 5 heteroatoms. The van der Waals surface area contributed by atoms with E-state index in [9.17, 15) is 0 Å². The van der Waals surface area contributed by atoms with Gasteiger partial charge in [0.15, 0.2) is 5.82 Å². The van der Waals surface area contributed by atoms with Crippen LogP contribution in [0.1, 0.15) is 0 Å². The van der Waals surface area contributed by atoms with Gasteiger partial charge in [-0.25, -0.2) is 4.98 Å². The quantitative estimate of drug-likeness (QED) is 0.183. The summed E-state index contributed by atoms with van der Waals surface area (Å²) >= 11 is 0. The summed E-state index contributed by atoms with van der Waals surface area (Å²) in [5, 5.41) is 13.3. The minimum Gasteiger partial charge on any atom is -0.308 e. The van der Waals surface area contributed by atoms with Gasteiger partial charge in [-0.3, -0.25) is 9.13 Å². The summed E-state index contributed by atoms with van der Waals surface area (Å²) in [6.07, 6.45) is 0. The number of benzene rings is 8. The molecule has 0 radical (unpaired) electrons. The summed E-state index contributed by atoms with van der Waals surface area (Å²) < 4.78 is 7.11. The average Bonchev–Trinajstić information content (AvgIpc) is 3.93. The minimum atomic E-state index is 0.652. The molecule has 0 atom stereocenters. The largest absolute Gasteiger partial charge is 0.308 e. The first-order valence-electron chi connectivity index (χ1n) is 18.1. The summed E-state index contributed by atoms with van der Waals surface area (Å²) in [7, 11) is 0. The van der Waals surface area contributed by atoms with E-state index in [4.69, 9.17) is 9.97 Å². The summed E-state index contributed by atoms with van der Waals surface area (Å²) in [6.45, 7) is 0. The van der Waals surface area contributed by atoms with Crippen molar-refractivity contribution in [3.05, 3.63) is 164 Å². The first-order chi connectivity index (χ1) is 26.3. The molecule has 0 saturated heterocycles. The van der Waals surface area contributed by atoms with Crippen LogP contribution < -0.4 is 0 Å². The molecule has 0 bridgehead atoms. The van der Waals surface area contributed by atoms with Gasteiger partial charge in [0.1, 0.15) is 0 Å². The first-order valence-corrected chi connectivity index (χ1v) is 18.1. The Morgan fingerprint density at radius 1 is 0.340 bits per heavy atom. The van der Waals surface area contributed by atoms with Gasteiger partial charge in [0.2, 0.25) is 5.95 Å². The van der Waals surface area contributed by atoms with Gasteiger partial charge >= 0.3 is 0 Å². The Kier molecular flexibility index (Phi) is 5.06. The van der Waals surface area contributed by atoms with E-state index in [0.717, 1.165) is 38.8 Å². The number of nitrogens with zero attached hydrogens (tertiary/aromatic N) is 5. The van der Waals surface area contributed by atoms with Crippen LogP contribution in [0.3, 0.4) is 0 Å². The minimum absolute atomic E-state index is 0.652. The van der Waals surface area contributed by atoms with Crippen LogP contribution in [-0.2, 0) is 0 Å². The van der Waals surface area contributed by atoms with Crippen molar-refractivity contribution in [3.63, 3.8) is 0 Å². The zero-order valence-electron chi connectivity index (χ0n) is 28.3. The van der Waals surface area contributed by atoms with Gasteiger partial charge in [0.05, 0.1) is 44.1 Å². The number of hydrogen-bond donors (Lipinski definition) is 0. The Hall–Kier alpha value is -7.24. The van der Waals surface area contributed by atoms with Crippen LogP contribution in [0.5, 0.6) is 0 Å². The first kappa shape index (κ1) is 27.5. The Bertz CT molecular complexity index is 3640. The molecule has 13 aromatic rings. The Balaban J connectivity index is 1.23. The highest BCUT2D eigenvalue weighted by molar-refractivity contribution is 6.36. The van der Waals surface area contributed by atoms with Crippen molar-refractivity contribution in [2.75, 3.05) is 0 Å². The lowest BCUT2D eigenvalue weighted by molar-refractivity contribution is 0.973. The molecule has 5 heterocycles. The summed E-state index contributed by atoms with van der Waals surface area (Å²) in [4.78, 5) is 10.9. The Labute approximate surface area is 301 Å². The predicted octanol–water partition coefficient (Wildman–Crippen LogP) is 12.1. The van der Waals surface area contributed by atoms with Crippen LogP contribution in [0.2, 0.25) is 0 Å². The lowest BCUT2D eigenvalue weighted by atomic mass is 10.0. The number of aromatic nitrogens is 5. The molecule has 0 spiro atoms. The molecule has 0 aliphatic rings. The molecule has 0 aliphatic carbocycles. The number of hydrogen-bond acceptors (Lipinski definition) is 2. The number of fused-ring (bicyclic) bond motifs is 15. The van der Waals surface area contributed by atoms with Crippen LogP contribution in [0.15, 0.2) is 164 Å². The smallest absolute Gasteiger partial charge is 0.237 e. The topological polar surface area (TPSA) is 40.0 Å². The van der Waals surface area contributed by atoms with Gasteiger partial charge in [-0.15, -0.1) is 0 Å². The van der Waals surface area contributed by atoms with E-state index in [2.05, 4.69) is 177 Å². The molecule has 5 aromatic heterocycles. The molecule has 0 N–H and O–H groups in total. The molecule has 5 nitrogen and oxygen atoms in total. The van der Waals surface area contributed by atoms with Gasteiger partial charge in [-0.1, -0.05) is 109 Å². The van der Waals surface area contributed by atoms with Crippen molar-refractivity contribution in [1.29, 1.82) is 0 Å². The maximum atomic E-state index is 5.58. The molecule has 13 rings (SSSR count). The number of rotatable bonds is 2. The highest BCUT2D eigenvalue weighted by atomic mass is 15.2. The Morgan fingerprint density at radius 2 is 0.887 bits per heavy atom. The van der Waals surface area contributed by atoms with E-state index in [-0.39, 0.29) is 0 Å². The standard InChI is InChI=1S/C48H27N5/c1-2-14-29-26-42-35(25-28(29)13-1)36-27-43-44(45-34-19-7-11-23-40(34)51(42)46(36)45)33-18-6-12-24-41(33)53(43)48-49-37-20-8-3-17-32(37)47(50-48)52-38-21-9-4-15-30(38)31-16-5-10-22-39(31)52/h1-27H. The van der Waals surface area contributed by atoms with E-state index >= 15 is 0 Å². The lowest BCUT2D eigenvalue weighted by Crippen LogP contribution is -2.07. The third kappa shape index (κ3) is 3.42. The second-order valence-corrected chi connectivity index (χ2v) is 14.2. The SMILES string of the molecule is c1ccc2cc3c(cc2c1)c1cc2c(c4ccccc4n2-c2nc(-n4c5ccccc5c5ccccc54)c4ccccc4n2)c2c4ccccc4n3c12. The van der Waals surface area contributed by atoms with Gasteiger partial charge in [-0.2, -0.15) is 4.98 Å². The number of para-hydroxylation sites is 5. The normalized spacial score (nSPS) is 12.5. The van der Waals surface area contributed by atoms with Crippen molar-refractivity contribution in [1.82, 2.24) is 23.5 Å². The molecule has 53 heavy (non-hydrogen) atoms. The zero-order valence-corrected chi connectivity index (χ0v) is 28.3. The van der Waals surface area contributed by atoms with Crippen molar-refractivity contribution in [2.45, 2.75) is 0 Å². The van der Waals surface area contributed by atoms with E-state index in [1.165, 1.54) is 70.4 Å². The highest BCUT2D eigenvalue weighted by Crippen LogP contribution is 2.47. The van der Waals surface area contributed by atoms with E-state index in [1.807, 2.05) is 0 Å². The van der Waals surface area contributed by atoms with E-state index < -0.39 is 0 Å². The second kappa shape index (κ2) is 9.75. The van der Waals surface area contributed by atoms with Crippen LogP contribution in [-0.4, -0.2) is 23.5 Å². The van der Waals surface area contributed by atoms with Crippen molar-refractivity contribution in [2.24, 2.45) is 0 Å². The monoisotopic (exact) mass is 673 g/mol. The average molecular weight is 674 g/mol. The van der Waals surface area contributed by atoms with Crippen LogP contribution in [0, 0.1) is 0 Å². The summed E-state index contributed by atoms with van der Waals surface area (Å²) in [5.41, 5.74) is 9.04. The fourth-order valence-electron chi connectivity index (χ4n) is 9.38. The van der Waals surface area contributed by atoms with Gasteiger partial charge in [-0.05, 0) is 65.4 Å². The highest BCUT2D eigenvalue weighted by Gasteiger charge is 2.26. The molecule has 8 aromatic carbocycles. The zero-order chi connectivity index (χ0) is 34.4. The third-order valence-electron chi connectivity index (χ3n) is 11.5. The molecule has 244 valence electrons. The fourth-order valence-corrected chi connectivity index (χ4v) is 9.38. The van der Waals surface area contributed by atoms with Crippen molar-refractivity contribution in [3.8, 4) is 11.8 Å². The van der Waals surface area contributed by atoms with E-state index in [0.29, 0.717) is 5.95 Å². The third-order valence-corrected chi connectivity index (χ3v) is 11.5. The van der Waals surface area contributed by atoms with Crippen LogP contribution >= 0.6 is 0 Å². The molecule has 0 aliphatic heterocycles. The summed E-state index contributed by atoms with van der Waals surface area (Å²) in [5.74, 6) is 1.52. The molecule has 0 fully saturated rings. The maximum absolute atomic E-state index is 5.58. The molecular weight excluding hydrogens is 647 g/mol. The molecule has 0 saturated carbocycles. The fraction of sp³-hybridized carbons (Fsp3) is 0. The summed E-state index contributed by atoms with van der Waals surface area (Å²) in [6, 6.07) is 59.1. The van der Waals surface area contributed by atoms with E-state index in [1.54, 1.807) is 0 Å². The van der Waals surface area contributed by atoms with Crippen LogP contribution in [0.25, 0.3) is 115 Å². The van der Waals surface area contributed by atoms with Gasteiger partial charge in [0.25, 0.3) is 0 Å². The van der Waals surface area contributed by atoms with Gasteiger partial charge < -0.3 is 4.40 Å². The molecular formula is C48H27N5. The van der Waals surface area contributed by atoms with Crippen molar-refractivity contribution < 1.29 is 0 Å². The Morgan fingerprint density at radius 3 is 1.60 bits per heavy atom. The molecule has 0 unspecified atom stereocenters. The second-order valence-electron chi connectivity index (χ2n) is 14.2. The molecule has 0 amide bonds. The lowest BCUT2D eigenvalue weighted by Gasteiger charge is -2.14. The van der Waals surface area contributed by atoms with Crippen LogP contribution in [0.4, 0.5) is 0 Å². The van der Waals surface area contributed by atoms with Gasteiger partial charge in [0, 0.05) is 48.5 Å².